The van der Waals surface area contributed by atoms with Gasteiger partial charge >= 0.3 is 0 Å². The van der Waals surface area contributed by atoms with Crippen LogP contribution in [-0.4, -0.2) is 59.4 Å². The fraction of sp³-hybridized carbons (Fsp3) is 0.357. The molecule has 180 valence electrons. The number of rotatable bonds is 10. The third kappa shape index (κ3) is 5.23. The van der Waals surface area contributed by atoms with Crippen molar-refractivity contribution < 1.29 is 19.4 Å². The van der Waals surface area contributed by atoms with Gasteiger partial charge in [0.1, 0.15) is 18.1 Å². The maximum Gasteiger partial charge on any atom is 0.295 e. The van der Waals surface area contributed by atoms with Crippen LogP contribution in [0.4, 0.5) is 0 Å². The van der Waals surface area contributed by atoms with Crippen LogP contribution >= 0.6 is 0 Å². The summed E-state index contributed by atoms with van der Waals surface area (Å²) in [6.45, 7) is 14.7. The van der Waals surface area contributed by atoms with E-state index in [1.807, 2.05) is 38.1 Å². The van der Waals surface area contributed by atoms with Crippen molar-refractivity contribution in [2.45, 2.75) is 33.7 Å². The number of hydrogen-bond donors (Lipinski definition) is 1. The van der Waals surface area contributed by atoms with E-state index in [0.29, 0.717) is 31.0 Å². The second-order valence-electron chi connectivity index (χ2n) is 8.51. The van der Waals surface area contributed by atoms with Gasteiger partial charge in [-0.15, -0.1) is 0 Å². The van der Waals surface area contributed by atoms with Crippen LogP contribution in [0, 0.1) is 13.8 Å². The van der Waals surface area contributed by atoms with Crippen molar-refractivity contribution in [1.29, 1.82) is 0 Å². The van der Waals surface area contributed by atoms with Gasteiger partial charge < -0.3 is 19.6 Å². The van der Waals surface area contributed by atoms with Gasteiger partial charge in [-0.2, -0.15) is 0 Å². The molecule has 1 aliphatic heterocycles. The number of aryl methyl sites for hydroxylation is 2. The van der Waals surface area contributed by atoms with Gasteiger partial charge in [0.05, 0.1) is 11.6 Å². The number of likely N-dealkylation sites (N-methyl/N-ethyl adjacent to an activating group) is 1. The molecule has 6 heteroatoms. The van der Waals surface area contributed by atoms with Gasteiger partial charge in [0.2, 0.25) is 0 Å². The fourth-order valence-electron chi connectivity index (χ4n) is 4.29. The molecule has 0 radical (unpaired) electrons. The molecule has 0 saturated carbocycles. The van der Waals surface area contributed by atoms with Crippen molar-refractivity contribution in [3.63, 3.8) is 0 Å². The second-order valence-corrected chi connectivity index (χ2v) is 8.51. The van der Waals surface area contributed by atoms with E-state index in [0.717, 1.165) is 29.8 Å². The molecule has 1 amide bonds. The Morgan fingerprint density at radius 3 is 2.38 bits per heavy atom. The number of amides is 1. The first-order valence-corrected chi connectivity index (χ1v) is 11.7. The number of aliphatic hydroxyl groups is 1. The van der Waals surface area contributed by atoms with Crippen LogP contribution in [0.3, 0.4) is 0 Å². The van der Waals surface area contributed by atoms with Crippen molar-refractivity contribution in [3.05, 3.63) is 82.9 Å². The smallest absolute Gasteiger partial charge is 0.295 e. The van der Waals surface area contributed by atoms with Crippen molar-refractivity contribution in [3.8, 4) is 5.75 Å². The summed E-state index contributed by atoms with van der Waals surface area (Å²) >= 11 is 0. The Balaban J connectivity index is 2.08. The molecule has 0 spiro atoms. The SMILES string of the molecule is C=CCOc1ccc(/C(O)=C2/C(=O)C(=O)N(CCN(CC)CC)C2c2ccc(C)cc2)c(C)c1. The quantitative estimate of drug-likeness (QED) is 0.241. The molecule has 2 aromatic carbocycles. The maximum atomic E-state index is 13.2. The highest BCUT2D eigenvalue weighted by Gasteiger charge is 2.46. The number of aliphatic hydroxyl groups excluding tert-OH is 1. The van der Waals surface area contributed by atoms with Crippen molar-refractivity contribution in [2.24, 2.45) is 0 Å². The third-order valence-electron chi connectivity index (χ3n) is 6.31. The van der Waals surface area contributed by atoms with E-state index in [1.165, 1.54) is 0 Å². The lowest BCUT2D eigenvalue weighted by Crippen LogP contribution is -2.38. The number of nitrogens with zero attached hydrogens (tertiary/aromatic N) is 2. The summed E-state index contributed by atoms with van der Waals surface area (Å²) in [6.07, 6.45) is 1.66. The molecule has 3 rings (SSSR count). The monoisotopic (exact) mass is 462 g/mol. The Kier molecular flexibility index (Phi) is 8.29. The molecule has 1 aliphatic rings. The van der Waals surface area contributed by atoms with E-state index < -0.39 is 17.7 Å². The number of Topliss-reactive ketones (excluding diaryl/α,β-unsaturated/α-hetero) is 1. The minimum Gasteiger partial charge on any atom is -0.507 e. The fourth-order valence-corrected chi connectivity index (χ4v) is 4.29. The van der Waals surface area contributed by atoms with Gasteiger partial charge in [-0.1, -0.05) is 56.3 Å². The van der Waals surface area contributed by atoms with E-state index in [9.17, 15) is 14.7 Å². The van der Waals surface area contributed by atoms with Crippen LogP contribution < -0.4 is 4.74 Å². The maximum absolute atomic E-state index is 13.2. The molecule has 6 nitrogen and oxygen atoms in total. The number of likely N-dealkylation sites (tertiary alicyclic amines) is 1. The summed E-state index contributed by atoms with van der Waals surface area (Å²) in [7, 11) is 0. The second kappa shape index (κ2) is 11.2. The first-order valence-electron chi connectivity index (χ1n) is 11.7. The predicted molar refractivity (Wildman–Crippen MR) is 135 cm³/mol. The molecule has 2 aromatic rings. The summed E-state index contributed by atoms with van der Waals surface area (Å²) in [4.78, 5) is 30.2. The Labute approximate surface area is 202 Å². The zero-order valence-electron chi connectivity index (χ0n) is 20.5. The molecule has 34 heavy (non-hydrogen) atoms. The lowest BCUT2D eigenvalue weighted by Gasteiger charge is -2.28. The summed E-state index contributed by atoms with van der Waals surface area (Å²) < 4.78 is 5.58. The van der Waals surface area contributed by atoms with Gasteiger partial charge in [-0.05, 0) is 56.3 Å². The van der Waals surface area contributed by atoms with Crippen molar-refractivity contribution >= 4 is 17.4 Å². The molecule has 0 aromatic heterocycles. The Bertz CT molecular complexity index is 1080. The number of hydrogen-bond acceptors (Lipinski definition) is 5. The highest BCUT2D eigenvalue weighted by Crippen LogP contribution is 2.40. The zero-order chi connectivity index (χ0) is 24.8. The molecule has 1 unspecified atom stereocenters. The topological polar surface area (TPSA) is 70.1 Å². The zero-order valence-corrected chi connectivity index (χ0v) is 20.5. The molecular weight excluding hydrogens is 428 g/mol. The Morgan fingerprint density at radius 2 is 1.79 bits per heavy atom. The summed E-state index contributed by atoms with van der Waals surface area (Å²) in [5.74, 6) is -0.761. The highest BCUT2D eigenvalue weighted by atomic mass is 16.5. The van der Waals surface area contributed by atoms with Crippen LogP contribution in [0.25, 0.3) is 5.76 Å². The van der Waals surface area contributed by atoms with E-state index in [4.69, 9.17) is 4.74 Å². The summed E-state index contributed by atoms with van der Waals surface area (Å²) in [5, 5.41) is 11.3. The van der Waals surface area contributed by atoms with Crippen LogP contribution in [0.2, 0.25) is 0 Å². The average molecular weight is 463 g/mol. The predicted octanol–water partition coefficient (Wildman–Crippen LogP) is 4.63. The lowest BCUT2D eigenvalue weighted by molar-refractivity contribution is -0.140. The van der Waals surface area contributed by atoms with Gasteiger partial charge in [-0.3, -0.25) is 9.59 Å². The minimum atomic E-state index is -0.658. The first kappa shape index (κ1) is 25.2. The molecule has 0 aliphatic carbocycles. The van der Waals surface area contributed by atoms with Crippen molar-refractivity contribution in [2.75, 3.05) is 32.8 Å². The Hall–Kier alpha value is -3.38. The van der Waals surface area contributed by atoms with Gasteiger partial charge in [0.15, 0.2) is 0 Å². The normalized spacial score (nSPS) is 17.4. The van der Waals surface area contributed by atoms with Crippen LogP contribution in [0.15, 0.2) is 60.7 Å². The lowest BCUT2D eigenvalue weighted by atomic mass is 9.93. The molecule has 1 saturated heterocycles. The number of carbonyl (C=O) groups excluding carboxylic acids is 2. The first-order chi connectivity index (χ1) is 16.3. The number of ether oxygens (including phenoxy) is 1. The van der Waals surface area contributed by atoms with Crippen LogP contribution in [-0.2, 0) is 9.59 Å². The van der Waals surface area contributed by atoms with Gasteiger partial charge in [-0.25, -0.2) is 0 Å². The molecule has 1 N–H and O–H groups in total. The Morgan fingerprint density at radius 1 is 1.12 bits per heavy atom. The van der Waals surface area contributed by atoms with Crippen LogP contribution in [0.5, 0.6) is 5.75 Å². The van der Waals surface area contributed by atoms with E-state index >= 15 is 0 Å². The van der Waals surface area contributed by atoms with Gasteiger partial charge in [0.25, 0.3) is 11.7 Å². The highest BCUT2D eigenvalue weighted by molar-refractivity contribution is 6.46. The molecular formula is C28H34N2O4. The van der Waals surface area contributed by atoms with E-state index in [2.05, 4.69) is 25.3 Å². The molecule has 1 heterocycles. The number of carbonyl (C=O) groups is 2. The summed E-state index contributed by atoms with van der Waals surface area (Å²) in [5.41, 5.74) is 3.25. The molecule has 0 bridgehead atoms. The third-order valence-corrected chi connectivity index (χ3v) is 6.31. The summed E-state index contributed by atoms with van der Waals surface area (Å²) in [6, 6.07) is 12.4. The number of benzene rings is 2. The van der Waals surface area contributed by atoms with E-state index in [1.54, 1.807) is 29.2 Å². The largest absolute Gasteiger partial charge is 0.507 e. The standard InChI is InChI=1S/C28H34N2O4/c1-6-17-34-22-13-14-23(20(5)18-22)26(31)24-25(21-11-9-19(4)10-12-21)30(28(33)27(24)32)16-15-29(7-2)8-3/h6,9-14,18,25,31H,1,7-8,15-17H2,2-5H3/b26-24-. The number of ketones is 1. The van der Waals surface area contributed by atoms with Crippen LogP contribution in [0.1, 0.15) is 42.1 Å². The molecule has 1 atom stereocenters. The van der Waals surface area contributed by atoms with Gasteiger partial charge in [0, 0.05) is 18.7 Å². The van der Waals surface area contributed by atoms with E-state index in [-0.39, 0.29) is 11.3 Å². The average Bonchev–Trinajstić information content (AvgIpc) is 3.08. The molecule has 1 fully saturated rings. The minimum absolute atomic E-state index is 0.122. The van der Waals surface area contributed by atoms with Crippen molar-refractivity contribution in [1.82, 2.24) is 9.80 Å².